The van der Waals surface area contributed by atoms with Crippen molar-refractivity contribution < 1.29 is 14.3 Å². The Hall–Kier alpha value is -3.25. The summed E-state index contributed by atoms with van der Waals surface area (Å²) >= 11 is 6.30. The summed E-state index contributed by atoms with van der Waals surface area (Å²) in [5.41, 5.74) is 3.52. The van der Waals surface area contributed by atoms with E-state index in [9.17, 15) is 4.79 Å². The Kier molecular flexibility index (Phi) is 5.03. The molecular formula is C22H20ClN3O3. The number of anilines is 2. The Bertz CT molecular complexity index is 1090. The molecule has 1 aliphatic heterocycles. The first-order valence-corrected chi connectivity index (χ1v) is 9.44. The number of ether oxygens (including phenoxy) is 2. The molecule has 0 spiro atoms. The molecule has 1 N–H and O–H groups in total. The molecule has 1 aromatic heterocycles. The van der Waals surface area contributed by atoms with Gasteiger partial charge in [0.05, 0.1) is 31.2 Å². The molecule has 0 fully saturated rings. The van der Waals surface area contributed by atoms with Crippen LogP contribution in [0.3, 0.4) is 0 Å². The first-order chi connectivity index (χ1) is 14.0. The number of aryl methyl sites for hydroxylation is 1. The lowest BCUT2D eigenvalue weighted by Gasteiger charge is -2.28. The monoisotopic (exact) mass is 409 g/mol. The summed E-state index contributed by atoms with van der Waals surface area (Å²) in [7, 11) is 3.15. The van der Waals surface area contributed by atoms with Gasteiger partial charge in [-0.2, -0.15) is 0 Å². The van der Waals surface area contributed by atoms with E-state index in [4.69, 9.17) is 21.1 Å². The zero-order valence-corrected chi connectivity index (χ0v) is 17.0. The van der Waals surface area contributed by atoms with Gasteiger partial charge in [0.2, 0.25) is 0 Å². The second-order valence-corrected chi connectivity index (χ2v) is 7.07. The minimum absolute atomic E-state index is 0.171. The van der Waals surface area contributed by atoms with Gasteiger partial charge in [0.15, 0.2) is 6.17 Å². The highest BCUT2D eigenvalue weighted by atomic mass is 35.5. The van der Waals surface area contributed by atoms with Crippen molar-refractivity contribution in [1.82, 2.24) is 4.98 Å². The van der Waals surface area contributed by atoms with Crippen molar-refractivity contribution in [2.24, 2.45) is 0 Å². The van der Waals surface area contributed by atoms with Gasteiger partial charge in [-0.15, -0.1) is 0 Å². The van der Waals surface area contributed by atoms with Crippen molar-refractivity contribution in [1.29, 1.82) is 0 Å². The second-order valence-electron chi connectivity index (χ2n) is 6.66. The maximum atomic E-state index is 13.3. The molecule has 4 rings (SSSR count). The number of nitrogens with zero attached hydrogens (tertiary/aromatic N) is 2. The fourth-order valence-electron chi connectivity index (χ4n) is 3.39. The highest BCUT2D eigenvalue weighted by Gasteiger charge is 2.40. The molecule has 1 aliphatic rings. The lowest BCUT2D eigenvalue weighted by Crippen LogP contribution is -2.32. The Balaban J connectivity index is 1.83. The van der Waals surface area contributed by atoms with Gasteiger partial charge in [-0.25, -0.2) is 0 Å². The molecule has 29 heavy (non-hydrogen) atoms. The van der Waals surface area contributed by atoms with Crippen LogP contribution in [-0.4, -0.2) is 25.1 Å². The molecule has 0 bridgehead atoms. The normalized spacial score (nSPS) is 15.2. The van der Waals surface area contributed by atoms with Crippen molar-refractivity contribution in [2.75, 3.05) is 24.4 Å². The van der Waals surface area contributed by atoms with Crippen LogP contribution in [-0.2, 0) is 0 Å². The third-order valence-electron chi connectivity index (χ3n) is 4.93. The predicted octanol–water partition coefficient (Wildman–Crippen LogP) is 4.83. The standard InChI is InChI=1S/C22H20ClN3O3/c1-13-6-7-14(11-17(13)23)25-21-20-16(5-4-10-24-20)22(27)26(21)18-12-15(28-2)8-9-19(18)29-3/h4-12,21,25H,1-3H3/t21-/m0/s1. The van der Waals surface area contributed by atoms with E-state index in [1.807, 2.05) is 25.1 Å². The summed E-state index contributed by atoms with van der Waals surface area (Å²) in [5, 5.41) is 4.04. The average molecular weight is 410 g/mol. The third-order valence-corrected chi connectivity index (χ3v) is 5.33. The maximum Gasteiger partial charge on any atom is 0.262 e. The number of aromatic nitrogens is 1. The van der Waals surface area contributed by atoms with Crippen LogP contribution in [0.2, 0.25) is 5.02 Å². The summed E-state index contributed by atoms with van der Waals surface area (Å²) in [4.78, 5) is 19.4. The maximum absolute atomic E-state index is 13.3. The topological polar surface area (TPSA) is 63.7 Å². The van der Waals surface area contributed by atoms with Gasteiger partial charge in [0.25, 0.3) is 5.91 Å². The highest BCUT2D eigenvalue weighted by molar-refractivity contribution is 6.31. The third kappa shape index (κ3) is 3.36. The number of halogens is 1. The number of hydrogen-bond donors (Lipinski definition) is 1. The van der Waals surface area contributed by atoms with Gasteiger partial charge in [-0.05, 0) is 48.9 Å². The van der Waals surface area contributed by atoms with Crippen LogP contribution in [0, 0.1) is 6.92 Å². The molecule has 0 saturated heterocycles. The molecule has 1 amide bonds. The summed E-state index contributed by atoms with van der Waals surface area (Å²) in [6.07, 6.45) is 1.15. The molecule has 0 saturated carbocycles. The van der Waals surface area contributed by atoms with E-state index in [0.717, 1.165) is 11.3 Å². The fourth-order valence-corrected chi connectivity index (χ4v) is 3.57. The fraction of sp³-hybridized carbons (Fsp3) is 0.182. The minimum Gasteiger partial charge on any atom is -0.497 e. The summed E-state index contributed by atoms with van der Waals surface area (Å²) in [6.45, 7) is 1.94. The minimum atomic E-state index is -0.529. The van der Waals surface area contributed by atoms with Crippen LogP contribution in [0.15, 0.2) is 54.7 Å². The van der Waals surface area contributed by atoms with Crippen LogP contribution in [0.25, 0.3) is 0 Å². The Morgan fingerprint density at radius 3 is 2.66 bits per heavy atom. The Labute approximate surface area is 174 Å². The van der Waals surface area contributed by atoms with E-state index in [1.54, 1.807) is 55.6 Å². The Morgan fingerprint density at radius 1 is 1.10 bits per heavy atom. The summed E-state index contributed by atoms with van der Waals surface area (Å²) in [5.74, 6) is 1.01. The molecular weight excluding hydrogens is 390 g/mol. The van der Waals surface area contributed by atoms with Crippen molar-refractivity contribution in [2.45, 2.75) is 13.1 Å². The number of rotatable bonds is 5. The van der Waals surface area contributed by atoms with Crippen molar-refractivity contribution in [3.63, 3.8) is 0 Å². The van der Waals surface area contributed by atoms with E-state index >= 15 is 0 Å². The van der Waals surface area contributed by atoms with E-state index in [0.29, 0.717) is 33.5 Å². The molecule has 2 aromatic carbocycles. The average Bonchev–Trinajstić information content (AvgIpc) is 3.02. The van der Waals surface area contributed by atoms with Gasteiger partial charge in [0.1, 0.15) is 11.5 Å². The first-order valence-electron chi connectivity index (χ1n) is 9.06. The molecule has 148 valence electrons. The zero-order valence-electron chi connectivity index (χ0n) is 16.3. The van der Waals surface area contributed by atoms with E-state index in [2.05, 4.69) is 10.3 Å². The second kappa shape index (κ2) is 7.64. The molecule has 0 radical (unpaired) electrons. The molecule has 0 unspecified atom stereocenters. The zero-order chi connectivity index (χ0) is 20.5. The van der Waals surface area contributed by atoms with Crippen LogP contribution >= 0.6 is 11.6 Å². The van der Waals surface area contributed by atoms with Gasteiger partial charge in [-0.3, -0.25) is 14.7 Å². The van der Waals surface area contributed by atoms with Gasteiger partial charge >= 0.3 is 0 Å². The number of nitrogens with one attached hydrogen (secondary N) is 1. The van der Waals surface area contributed by atoms with E-state index < -0.39 is 6.17 Å². The lowest BCUT2D eigenvalue weighted by molar-refractivity contribution is 0.0992. The molecule has 7 heteroatoms. The Morgan fingerprint density at radius 2 is 1.93 bits per heavy atom. The smallest absolute Gasteiger partial charge is 0.262 e. The van der Waals surface area contributed by atoms with Crippen LogP contribution in [0.5, 0.6) is 11.5 Å². The number of hydrogen-bond acceptors (Lipinski definition) is 5. The van der Waals surface area contributed by atoms with Gasteiger partial charge in [0, 0.05) is 23.0 Å². The number of carbonyl (C=O) groups excluding carboxylic acids is 1. The summed E-state index contributed by atoms with van der Waals surface area (Å²) in [6, 6.07) is 14.6. The van der Waals surface area contributed by atoms with Crippen LogP contribution < -0.4 is 19.7 Å². The number of benzene rings is 2. The first kappa shape index (κ1) is 19.1. The quantitative estimate of drug-likeness (QED) is 0.653. The van der Waals surface area contributed by atoms with E-state index in [1.165, 1.54) is 0 Å². The largest absolute Gasteiger partial charge is 0.497 e. The van der Waals surface area contributed by atoms with Gasteiger partial charge < -0.3 is 14.8 Å². The molecule has 0 aliphatic carbocycles. The van der Waals surface area contributed by atoms with E-state index in [-0.39, 0.29) is 5.91 Å². The number of carbonyl (C=O) groups is 1. The SMILES string of the molecule is COc1ccc(OC)c(N2C(=O)c3cccnc3[C@H]2Nc2ccc(C)c(Cl)c2)c1. The molecule has 2 heterocycles. The van der Waals surface area contributed by atoms with Crippen molar-refractivity contribution in [3.8, 4) is 11.5 Å². The van der Waals surface area contributed by atoms with Crippen LogP contribution in [0.4, 0.5) is 11.4 Å². The number of methoxy groups -OCH3 is 2. The van der Waals surface area contributed by atoms with Crippen molar-refractivity contribution >= 4 is 28.9 Å². The summed E-state index contributed by atoms with van der Waals surface area (Å²) < 4.78 is 10.9. The molecule has 3 aromatic rings. The highest BCUT2D eigenvalue weighted by Crippen LogP contribution is 2.42. The number of pyridine rings is 1. The molecule has 6 nitrogen and oxygen atoms in total. The number of fused-ring (bicyclic) bond motifs is 1. The lowest BCUT2D eigenvalue weighted by atomic mass is 10.2. The molecule has 1 atom stereocenters. The predicted molar refractivity (Wildman–Crippen MR) is 113 cm³/mol. The van der Waals surface area contributed by atoms with Crippen LogP contribution in [0.1, 0.15) is 27.8 Å². The van der Waals surface area contributed by atoms with Crippen molar-refractivity contribution in [3.05, 3.63) is 76.6 Å². The number of amides is 1. The van der Waals surface area contributed by atoms with Gasteiger partial charge in [-0.1, -0.05) is 17.7 Å².